The van der Waals surface area contributed by atoms with Crippen LogP contribution in [0.5, 0.6) is 5.75 Å². The van der Waals surface area contributed by atoms with Crippen molar-refractivity contribution >= 4 is 51.1 Å². The highest BCUT2D eigenvalue weighted by Gasteiger charge is 2.20. The Bertz CT molecular complexity index is 878. The zero-order chi connectivity index (χ0) is 21.3. The first kappa shape index (κ1) is 26.6. The Morgan fingerprint density at radius 3 is 2.63 bits per heavy atom. The number of aliphatic imine (C=N–C) groups is 1. The van der Waals surface area contributed by atoms with Crippen molar-refractivity contribution in [3.63, 3.8) is 0 Å². The highest BCUT2D eigenvalue weighted by atomic mass is 127. The van der Waals surface area contributed by atoms with Crippen LogP contribution in [0.25, 0.3) is 0 Å². The van der Waals surface area contributed by atoms with Gasteiger partial charge in [-0.15, -0.1) is 35.3 Å². The molecule has 1 unspecified atom stereocenters. The van der Waals surface area contributed by atoms with Crippen LogP contribution in [-0.4, -0.2) is 69.5 Å². The van der Waals surface area contributed by atoms with Gasteiger partial charge < -0.3 is 20.1 Å². The molecule has 0 fully saturated rings. The van der Waals surface area contributed by atoms with Gasteiger partial charge in [-0.25, -0.2) is 12.8 Å². The topological polar surface area (TPSA) is 91.2 Å². The van der Waals surface area contributed by atoms with E-state index in [9.17, 15) is 17.9 Å². The highest BCUT2D eigenvalue weighted by molar-refractivity contribution is 14.0. The zero-order valence-electron chi connectivity index (χ0n) is 16.8. The molecular weight excluding hydrogens is 544 g/mol. The smallest absolute Gasteiger partial charge is 0.193 e. The van der Waals surface area contributed by atoms with Crippen molar-refractivity contribution in [3.05, 3.63) is 47.6 Å². The van der Waals surface area contributed by atoms with Crippen molar-refractivity contribution in [2.75, 3.05) is 39.0 Å². The molecular formula is C19H27FIN3O4S2. The predicted molar refractivity (Wildman–Crippen MR) is 128 cm³/mol. The quantitative estimate of drug-likeness (QED) is 0.259. The third-order valence-corrected chi connectivity index (χ3v) is 7.16. The maximum absolute atomic E-state index is 12.9. The van der Waals surface area contributed by atoms with Crippen LogP contribution in [0.2, 0.25) is 0 Å². The van der Waals surface area contributed by atoms with Gasteiger partial charge in [-0.1, -0.05) is 6.07 Å². The van der Waals surface area contributed by atoms with E-state index in [1.165, 1.54) is 18.2 Å². The number of aliphatic hydroxyl groups is 1. The van der Waals surface area contributed by atoms with E-state index < -0.39 is 15.9 Å². The first-order valence-corrected chi connectivity index (χ1v) is 11.7. The molecule has 2 N–H and O–H groups in total. The van der Waals surface area contributed by atoms with E-state index in [0.717, 1.165) is 11.3 Å². The lowest BCUT2D eigenvalue weighted by atomic mass is 10.3. The van der Waals surface area contributed by atoms with E-state index in [2.05, 4.69) is 10.3 Å². The third-order valence-electron chi connectivity index (χ3n) is 3.87. The molecule has 0 amide bonds. The van der Waals surface area contributed by atoms with Gasteiger partial charge in [-0.2, -0.15) is 0 Å². The summed E-state index contributed by atoms with van der Waals surface area (Å²) in [5.41, 5.74) is 0. The summed E-state index contributed by atoms with van der Waals surface area (Å²) in [5.74, 6) is 0.391. The Balaban J connectivity index is 0.00000450. The fraction of sp³-hybridized carbons (Fsp3) is 0.421. The summed E-state index contributed by atoms with van der Waals surface area (Å²) in [6, 6.07) is 8.95. The summed E-state index contributed by atoms with van der Waals surface area (Å²) in [4.78, 5) is 6.14. The van der Waals surface area contributed by atoms with Crippen molar-refractivity contribution < 1.29 is 22.7 Å². The van der Waals surface area contributed by atoms with Crippen molar-refractivity contribution in [1.82, 2.24) is 10.2 Å². The van der Waals surface area contributed by atoms with Crippen LogP contribution in [0.3, 0.4) is 0 Å². The van der Waals surface area contributed by atoms with E-state index in [-0.39, 0.29) is 46.3 Å². The van der Waals surface area contributed by atoms with Crippen LogP contribution in [0.1, 0.15) is 6.92 Å². The number of likely N-dealkylation sites (N-methyl/N-ethyl adjacent to an activating group) is 1. The van der Waals surface area contributed by atoms with Gasteiger partial charge in [0, 0.05) is 13.6 Å². The third kappa shape index (κ3) is 8.74. The van der Waals surface area contributed by atoms with Crippen molar-refractivity contribution in [3.8, 4) is 5.75 Å². The molecule has 11 heteroatoms. The Kier molecular flexibility index (Phi) is 11.6. The van der Waals surface area contributed by atoms with Gasteiger partial charge in [-0.3, -0.25) is 4.99 Å². The monoisotopic (exact) mass is 571 g/mol. The molecule has 1 atom stereocenters. The summed E-state index contributed by atoms with van der Waals surface area (Å²) in [5, 5.41) is 14.9. The van der Waals surface area contributed by atoms with E-state index in [1.807, 2.05) is 18.9 Å². The second-order valence-corrected chi connectivity index (χ2v) is 9.49. The molecule has 2 rings (SSSR count). The average Bonchev–Trinajstić information content (AvgIpc) is 3.22. The number of halogens is 2. The second kappa shape index (κ2) is 13.1. The predicted octanol–water partition coefficient (Wildman–Crippen LogP) is 2.62. The van der Waals surface area contributed by atoms with Crippen LogP contribution >= 0.6 is 35.3 Å². The molecule has 30 heavy (non-hydrogen) atoms. The number of thiophene rings is 1. The second-order valence-electron chi connectivity index (χ2n) is 6.29. The average molecular weight is 571 g/mol. The summed E-state index contributed by atoms with van der Waals surface area (Å²) in [7, 11) is -1.72. The lowest BCUT2D eigenvalue weighted by molar-refractivity contribution is 0.205. The number of aliphatic hydroxyl groups excluding tert-OH is 1. The molecule has 7 nitrogen and oxygen atoms in total. The van der Waals surface area contributed by atoms with Gasteiger partial charge in [0.25, 0.3) is 0 Å². The lowest BCUT2D eigenvalue weighted by Gasteiger charge is -2.22. The minimum atomic E-state index is -3.53. The van der Waals surface area contributed by atoms with Gasteiger partial charge in [0.15, 0.2) is 15.8 Å². The molecule has 0 saturated heterocycles. The number of hydrogen-bond donors (Lipinski definition) is 2. The summed E-state index contributed by atoms with van der Waals surface area (Å²) < 4.78 is 43.2. The molecule has 0 saturated carbocycles. The van der Waals surface area contributed by atoms with E-state index >= 15 is 0 Å². The molecule has 1 aromatic carbocycles. The molecule has 0 radical (unpaired) electrons. The summed E-state index contributed by atoms with van der Waals surface area (Å²) in [6.45, 7) is 3.33. The van der Waals surface area contributed by atoms with Crippen LogP contribution in [0, 0.1) is 5.82 Å². The van der Waals surface area contributed by atoms with Crippen LogP contribution in [0.15, 0.2) is 51.0 Å². The van der Waals surface area contributed by atoms with Crippen LogP contribution in [0.4, 0.5) is 4.39 Å². The molecule has 0 bridgehead atoms. The summed E-state index contributed by atoms with van der Waals surface area (Å²) in [6.07, 6.45) is -1.11. The Labute approximate surface area is 197 Å². The minimum Gasteiger partial charge on any atom is -0.492 e. The van der Waals surface area contributed by atoms with E-state index in [1.54, 1.807) is 23.6 Å². The molecule has 0 aliphatic heterocycles. The number of nitrogens with one attached hydrogen (secondary N) is 1. The Morgan fingerprint density at radius 2 is 2.03 bits per heavy atom. The standard InChI is InChI=1S/C19H26FN3O4S2.HI/c1-3-21-19(23(2)10-11-27-17-8-6-15(20)7-9-17)22-13-16(24)14-29(25,26)18-5-4-12-28-18;/h4-9,12,16,24H,3,10-11,13-14H2,1-2H3,(H,21,22);1H. The first-order chi connectivity index (χ1) is 13.8. The van der Waals surface area contributed by atoms with Crippen molar-refractivity contribution in [1.29, 1.82) is 0 Å². The van der Waals surface area contributed by atoms with Gasteiger partial charge in [0.2, 0.25) is 0 Å². The number of nitrogens with zero attached hydrogens (tertiary/aromatic N) is 2. The maximum atomic E-state index is 12.9. The van der Waals surface area contributed by atoms with E-state index in [4.69, 9.17) is 4.74 Å². The number of ether oxygens (including phenoxy) is 1. The van der Waals surface area contributed by atoms with Crippen LogP contribution in [-0.2, 0) is 9.84 Å². The normalized spacial score (nSPS) is 12.7. The SMILES string of the molecule is CCNC(=NCC(O)CS(=O)(=O)c1cccs1)N(C)CCOc1ccc(F)cc1.I. The molecule has 0 aliphatic rings. The first-order valence-electron chi connectivity index (χ1n) is 9.14. The van der Waals surface area contributed by atoms with E-state index in [0.29, 0.717) is 31.4 Å². The number of rotatable bonds is 10. The van der Waals surface area contributed by atoms with Gasteiger partial charge in [0.05, 0.1) is 24.9 Å². The fourth-order valence-electron chi connectivity index (χ4n) is 2.43. The number of hydrogen-bond acceptors (Lipinski definition) is 6. The van der Waals surface area contributed by atoms with Gasteiger partial charge >= 0.3 is 0 Å². The number of benzene rings is 1. The zero-order valence-corrected chi connectivity index (χ0v) is 20.8. The fourth-order valence-corrected chi connectivity index (χ4v) is 4.89. The number of sulfone groups is 1. The lowest BCUT2D eigenvalue weighted by Crippen LogP contribution is -2.41. The van der Waals surface area contributed by atoms with Gasteiger partial charge in [-0.05, 0) is 42.6 Å². The number of guanidine groups is 1. The molecule has 0 aliphatic carbocycles. The van der Waals surface area contributed by atoms with Gasteiger partial charge in [0.1, 0.15) is 22.4 Å². The van der Waals surface area contributed by atoms with Crippen molar-refractivity contribution in [2.45, 2.75) is 17.2 Å². The maximum Gasteiger partial charge on any atom is 0.193 e. The Hall–Kier alpha value is -1.44. The largest absolute Gasteiger partial charge is 0.492 e. The molecule has 1 heterocycles. The molecule has 168 valence electrons. The van der Waals surface area contributed by atoms with Crippen LogP contribution < -0.4 is 10.1 Å². The highest BCUT2D eigenvalue weighted by Crippen LogP contribution is 2.18. The molecule has 1 aromatic heterocycles. The minimum absolute atomic E-state index is 0. The molecule has 0 spiro atoms. The summed E-state index contributed by atoms with van der Waals surface area (Å²) >= 11 is 1.13. The molecule has 2 aromatic rings. The van der Waals surface area contributed by atoms with Crippen molar-refractivity contribution in [2.24, 2.45) is 4.99 Å². The Morgan fingerprint density at radius 1 is 1.33 bits per heavy atom.